The van der Waals surface area contributed by atoms with E-state index in [1.807, 2.05) is 38.4 Å². The fourth-order valence-electron chi connectivity index (χ4n) is 3.50. The smallest absolute Gasteiger partial charge is 0.126 e. The van der Waals surface area contributed by atoms with Crippen molar-refractivity contribution in [1.82, 2.24) is 14.9 Å². The highest BCUT2D eigenvalue weighted by Crippen LogP contribution is 2.30. The average molecular weight is 423 g/mol. The van der Waals surface area contributed by atoms with Gasteiger partial charge in [0.2, 0.25) is 0 Å². The maximum absolute atomic E-state index is 9.67. The topological polar surface area (TPSA) is 76.9 Å². The van der Waals surface area contributed by atoms with E-state index in [1.165, 1.54) is 11.1 Å². The number of anilines is 3. The van der Waals surface area contributed by atoms with Gasteiger partial charge in [-0.3, -0.25) is 4.98 Å². The van der Waals surface area contributed by atoms with Crippen LogP contribution in [0.5, 0.6) is 0 Å². The van der Waals surface area contributed by atoms with Gasteiger partial charge in [-0.15, -0.1) is 0 Å². The predicted molar refractivity (Wildman–Crippen MR) is 130 cm³/mol. The van der Waals surface area contributed by atoms with Crippen molar-refractivity contribution in [3.05, 3.63) is 89.7 Å². The van der Waals surface area contributed by atoms with Crippen LogP contribution in [0.3, 0.4) is 0 Å². The molecule has 0 aliphatic carbocycles. The molecule has 0 fully saturated rings. The van der Waals surface area contributed by atoms with E-state index in [4.69, 9.17) is 0 Å². The number of hydrogen-bond donors (Lipinski definition) is 2. The number of fused-ring (bicyclic) bond motifs is 1. The van der Waals surface area contributed by atoms with Crippen LogP contribution in [0.4, 0.5) is 17.2 Å². The average Bonchev–Trinajstić information content (AvgIpc) is 2.81. The molecule has 0 aliphatic heterocycles. The Hall–Kier alpha value is -3.95. The van der Waals surface area contributed by atoms with Crippen molar-refractivity contribution in [3.8, 4) is 6.07 Å². The Morgan fingerprint density at radius 2 is 1.69 bits per heavy atom. The number of rotatable bonds is 8. The molecule has 0 unspecified atom stereocenters. The lowest BCUT2D eigenvalue weighted by atomic mass is 10.0. The third-order valence-electron chi connectivity index (χ3n) is 5.21. The van der Waals surface area contributed by atoms with E-state index in [-0.39, 0.29) is 0 Å². The summed E-state index contributed by atoms with van der Waals surface area (Å²) >= 11 is 0. The van der Waals surface area contributed by atoms with Crippen LogP contribution in [0.2, 0.25) is 0 Å². The van der Waals surface area contributed by atoms with E-state index < -0.39 is 0 Å². The third kappa shape index (κ3) is 5.20. The molecule has 6 nitrogen and oxygen atoms in total. The summed E-state index contributed by atoms with van der Waals surface area (Å²) in [5.74, 6) is 0.762. The van der Waals surface area contributed by atoms with Crippen LogP contribution < -0.4 is 10.6 Å². The molecule has 0 spiro atoms. The Labute approximate surface area is 188 Å². The summed E-state index contributed by atoms with van der Waals surface area (Å²) in [7, 11) is 4.07. The highest BCUT2D eigenvalue weighted by atomic mass is 15.1. The minimum Gasteiger partial charge on any atom is -0.369 e. The number of aromatic nitrogens is 2. The molecular formula is C26H26N6. The number of nitrogens with zero attached hydrogens (tertiary/aromatic N) is 4. The van der Waals surface area contributed by atoms with Gasteiger partial charge in [0, 0.05) is 30.4 Å². The molecule has 32 heavy (non-hydrogen) atoms. The monoisotopic (exact) mass is 422 g/mol. The summed E-state index contributed by atoms with van der Waals surface area (Å²) in [6.45, 7) is 1.68. The minimum absolute atomic E-state index is 0.497. The Bertz CT molecular complexity index is 1230. The van der Waals surface area contributed by atoms with Crippen LogP contribution in [0.15, 0.2) is 73.1 Å². The van der Waals surface area contributed by atoms with Crippen molar-refractivity contribution in [3.63, 3.8) is 0 Å². The number of nitrogens with one attached hydrogen (secondary N) is 2. The molecule has 0 radical (unpaired) electrons. The Kier molecular flexibility index (Phi) is 6.59. The summed E-state index contributed by atoms with van der Waals surface area (Å²) in [5.41, 5.74) is 5.41. The molecule has 2 N–H and O–H groups in total. The maximum atomic E-state index is 9.67. The van der Waals surface area contributed by atoms with E-state index in [9.17, 15) is 5.26 Å². The van der Waals surface area contributed by atoms with Crippen molar-refractivity contribution in [1.29, 1.82) is 5.26 Å². The van der Waals surface area contributed by atoms with Gasteiger partial charge < -0.3 is 15.5 Å². The van der Waals surface area contributed by atoms with Crippen LogP contribution in [0.25, 0.3) is 10.9 Å². The van der Waals surface area contributed by atoms with Gasteiger partial charge in [0.05, 0.1) is 23.0 Å². The van der Waals surface area contributed by atoms with Crippen molar-refractivity contribution >= 4 is 28.1 Å². The molecule has 2 aromatic heterocycles. The van der Waals surface area contributed by atoms with Gasteiger partial charge in [0.1, 0.15) is 11.9 Å². The second-order valence-corrected chi connectivity index (χ2v) is 7.96. The zero-order chi connectivity index (χ0) is 22.3. The Morgan fingerprint density at radius 1 is 0.938 bits per heavy atom. The van der Waals surface area contributed by atoms with Crippen molar-refractivity contribution in [2.24, 2.45) is 0 Å². The fourth-order valence-corrected chi connectivity index (χ4v) is 3.50. The molecule has 4 rings (SSSR count). The molecule has 160 valence electrons. The van der Waals surface area contributed by atoms with Crippen molar-refractivity contribution in [2.45, 2.75) is 6.42 Å². The number of hydrogen-bond acceptors (Lipinski definition) is 6. The molecule has 0 atom stereocenters. The summed E-state index contributed by atoms with van der Waals surface area (Å²) in [5, 5.41) is 17.3. The van der Waals surface area contributed by atoms with Crippen LogP contribution in [0.1, 0.15) is 16.7 Å². The van der Waals surface area contributed by atoms with Gasteiger partial charge in [-0.1, -0.05) is 42.5 Å². The number of nitriles is 1. The molecule has 0 aliphatic rings. The first kappa shape index (κ1) is 21.3. The second-order valence-electron chi connectivity index (χ2n) is 7.96. The van der Waals surface area contributed by atoms with Gasteiger partial charge in [0.15, 0.2) is 0 Å². The lowest BCUT2D eigenvalue weighted by molar-refractivity contribution is 0.425. The fraction of sp³-hybridized carbons (Fsp3) is 0.192. The molecule has 2 heterocycles. The van der Waals surface area contributed by atoms with E-state index >= 15 is 0 Å². The van der Waals surface area contributed by atoms with Gasteiger partial charge in [0.25, 0.3) is 0 Å². The molecule has 6 heteroatoms. The van der Waals surface area contributed by atoms with Crippen molar-refractivity contribution < 1.29 is 0 Å². The molecular weight excluding hydrogens is 396 g/mol. The van der Waals surface area contributed by atoms with Crippen LogP contribution >= 0.6 is 0 Å². The van der Waals surface area contributed by atoms with Gasteiger partial charge >= 0.3 is 0 Å². The van der Waals surface area contributed by atoms with Crippen molar-refractivity contribution in [2.75, 3.05) is 37.8 Å². The van der Waals surface area contributed by atoms with Crippen LogP contribution in [0, 0.1) is 11.3 Å². The first-order valence-corrected chi connectivity index (χ1v) is 10.6. The molecule has 0 saturated carbocycles. The maximum Gasteiger partial charge on any atom is 0.126 e. The van der Waals surface area contributed by atoms with E-state index in [2.05, 4.69) is 68.0 Å². The zero-order valence-corrected chi connectivity index (χ0v) is 18.3. The Morgan fingerprint density at radius 3 is 2.41 bits per heavy atom. The van der Waals surface area contributed by atoms with Gasteiger partial charge in [-0.05, 0) is 49.8 Å². The van der Waals surface area contributed by atoms with E-state index in [0.29, 0.717) is 5.56 Å². The van der Waals surface area contributed by atoms with E-state index in [1.54, 1.807) is 12.4 Å². The molecule has 2 aromatic carbocycles. The highest BCUT2D eigenvalue weighted by Gasteiger charge is 2.11. The largest absolute Gasteiger partial charge is 0.369 e. The lowest BCUT2D eigenvalue weighted by Crippen LogP contribution is -2.21. The highest BCUT2D eigenvalue weighted by molar-refractivity contribution is 5.96. The normalized spacial score (nSPS) is 10.8. The molecule has 4 aromatic rings. The quantitative estimate of drug-likeness (QED) is 0.424. The molecule has 0 bridgehead atoms. The molecule has 0 saturated heterocycles. The number of pyridine rings is 2. The summed E-state index contributed by atoms with van der Waals surface area (Å²) in [6, 6.07) is 22.9. The van der Waals surface area contributed by atoms with Gasteiger partial charge in [-0.2, -0.15) is 5.26 Å². The predicted octanol–water partition coefficient (Wildman–Crippen LogP) is 4.81. The Balaban J connectivity index is 1.58. The minimum atomic E-state index is 0.497. The summed E-state index contributed by atoms with van der Waals surface area (Å²) in [6.07, 6.45) is 4.22. The molecule has 0 amide bonds. The third-order valence-corrected chi connectivity index (χ3v) is 5.21. The second kappa shape index (κ2) is 9.90. The SMILES string of the molecule is CN(C)CCNc1cc2c(Nc3ccc(Cc4ccccc4)cc3)c(C#N)cnc2cn1. The summed E-state index contributed by atoms with van der Waals surface area (Å²) < 4.78 is 0. The van der Waals surface area contributed by atoms with Gasteiger partial charge in [-0.25, -0.2) is 4.98 Å². The number of benzene rings is 2. The summed E-state index contributed by atoms with van der Waals surface area (Å²) in [4.78, 5) is 11.0. The standard InChI is InChI=1S/C26H26N6/c1-32(2)13-12-28-25-15-23-24(18-30-25)29-17-21(16-27)26(23)31-22-10-8-20(9-11-22)14-19-6-4-3-5-7-19/h3-11,15,17-18H,12-14H2,1-2H3,(H,28,30)(H,29,31). The lowest BCUT2D eigenvalue weighted by Gasteiger charge is -2.14. The van der Waals surface area contributed by atoms with E-state index in [0.717, 1.165) is 47.6 Å². The first-order valence-electron chi connectivity index (χ1n) is 10.6. The number of likely N-dealkylation sites (N-methyl/N-ethyl adjacent to an activating group) is 1. The van der Waals surface area contributed by atoms with Crippen LogP contribution in [-0.2, 0) is 6.42 Å². The zero-order valence-electron chi connectivity index (χ0n) is 18.3. The first-order chi connectivity index (χ1) is 15.6. The van der Waals surface area contributed by atoms with Crippen LogP contribution in [-0.4, -0.2) is 42.1 Å².